The Balaban J connectivity index is 2.08. The lowest BCUT2D eigenvalue weighted by Gasteiger charge is -2.14. The van der Waals surface area contributed by atoms with Crippen LogP contribution in [0.1, 0.15) is 43.9 Å². The van der Waals surface area contributed by atoms with Gasteiger partial charge < -0.3 is 4.74 Å². The van der Waals surface area contributed by atoms with Crippen molar-refractivity contribution < 1.29 is 9.53 Å². The third-order valence-electron chi connectivity index (χ3n) is 2.93. The van der Waals surface area contributed by atoms with Gasteiger partial charge >= 0.3 is 5.97 Å². The first-order valence-corrected chi connectivity index (χ1v) is 7.49. The van der Waals surface area contributed by atoms with E-state index in [4.69, 9.17) is 4.74 Å². The zero-order chi connectivity index (χ0) is 13.2. The summed E-state index contributed by atoms with van der Waals surface area (Å²) in [6.07, 6.45) is 7.82. The molecular formula is C15H22O2S. The van der Waals surface area contributed by atoms with Crippen molar-refractivity contribution in [2.45, 2.75) is 51.6 Å². The zero-order valence-corrected chi connectivity index (χ0v) is 11.9. The largest absolute Gasteiger partial charge is 0.459 e. The quantitative estimate of drug-likeness (QED) is 0.377. The Bertz CT molecular complexity index is 343. The molecule has 0 fully saturated rings. The topological polar surface area (TPSA) is 26.3 Å². The van der Waals surface area contributed by atoms with Gasteiger partial charge in [-0.05, 0) is 43.6 Å². The molecule has 1 aromatic heterocycles. The minimum atomic E-state index is -0.305. The molecule has 0 aromatic carbocycles. The van der Waals surface area contributed by atoms with Gasteiger partial charge in [-0.3, -0.25) is 0 Å². The third-order valence-corrected chi connectivity index (χ3v) is 3.87. The number of carbonyl (C=O) groups excluding carboxylic acids is 1. The van der Waals surface area contributed by atoms with E-state index in [1.165, 1.54) is 30.2 Å². The van der Waals surface area contributed by atoms with Gasteiger partial charge in [0.15, 0.2) is 0 Å². The number of esters is 1. The molecule has 1 unspecified atom stereocenters. The summed E-state index contributed by atoms with van der Waals surface area (Å²) >= 11 is 1.82. The summed E-state index contributed by atoms with van der Waals surface area (Å²) in [5.41, 5.74) is 0. The number of ether oxygens (including phenoxy) is 1. The maximum atomic E-state index is 11.1. The number of rotatable bonds is 9. The van der Waals surface area contributed by atoms with E-state index in [9.17, 15) is 4.79 Å². The van der Waals surface area contributed by atoms with Crippen LogP contribution in [0.2, 0.25) is 0 Å². The van der Waals surface area contributed by atoms with Gasteiger partial charge in [-0.1, -0.05) is 26.0 Å². The maximum Gasteiger partial charge on any atom is 0.330 e. The highest BCUT2D eigenvalue weighted by Gasteiger charge is 2.09. The third kappa shape index (κ3) is 6.01. The lowest BCUT2D eigenvalue weighted by Crippen LogP contribution is -2.15. The van der Waals surface area contributed by atoms with Crippen molar-refractivity contribution in [2.75, 3.05) is 0 Å². The first kappa shape index (κ1) is 15.0. The highest BCUT2D eigenvalue weighted by Crippen LogP contribution is 2.15. The van der Waals surface area contributed by atoms with Crippen LogP contribution in [0, 0.1) is 0 Å². The van der Waals surface area contributed by atoms with Gasteiger partial charge in [0, 0.05) is 11.0 Å². The molecule has 1 heterocycles. The van der Waals surface area contributed by atoms with Crippen LogP contribution in [0.15, 0.2) is 30.2 Å². The molecule has 0 radical (unpaired) electrons. The number of thiophene rings is 1. The van der Waals surface area contributed by atoms with E-state index in [1.807, 2.05) is 18.3 Å². The fourth-order valence-corrected chi connectivity index (χ4v) is 2.61. The van der Waals surface area contributed by atoms with E-state index in [-0.39, 0.29) is 12.1 Å². The standard InChI is InChI=1S/C15H22O2S/c1-3-13(17-15(16)4-2)9-6-5-7-10-14-11-8-12-18-14/h4,8,11-13H,2-3,5-7,9-10H2,1H3. The van der Waals surface area contributed by atoms with Crippen molar-refractivity contribution in [3.8, 4) is 0 Å². The van der Waals surface area contributed by atoms with E-state index >= 15 is 0 Å². The smallest absolute Gasteiger partial charge is 0.330 e. The van der Waals surface area contributed by atoms with Gasteiger partial charge in [0.2, 0.25) is 0 Å². The van der Waals surface area contributed by atoms with Crippen LogP contribution in [-0.4, -0.2) is 12.1 Å². The molecule has 3 heteroatoms. The molecule has 0 aliphatic carbocycles. The summed E-state index contributed by atoms with van der Waals surface area (Å²) in [5.74, 6) is -0.305. The minimum absolute atomic E-state index is 0.0530. The van der Waals surface area contributed by atoms with Crippen molar-refractivity contribution in [3.63, 3.8) is 0 Å². The maximum absolute atomic E-state index is 11.1. The molecule has 1 rings (SSSR count). The molecule has 1 atom stereocenters. The Morgan fingerprint density at radius 1 is 1.50 bits per heavy atom. The molecule has 0 aliphatic rings. The average molecular weight is 266 g/mol. The molecule has 0 aliphatic heterocycles. The second-order valence-corrected chi connectivity index (χ2v) is 5.38. The fourth-order valence-electron chi connectivity index (χ4n) is 1.86. The van der Waals surface area contributed by atoms with Crippen LogP contribution in [0.25, 0.3) is 0 Å². The minimum Gasteiger partial charge on any atom is -0.459 e. The fraction of sp³-hybridized carbons (Fsp3) is 0.533. The Kier molecular flexibility index (Phi) is 7.42. The molecule has 0 spiro atoms. The molecule has 2 nitrogen and oxygen atoms in total. The van der Waals surface area contributed by atoms with E-state index in [2.05, 4.69) is 24.1 Å². The van der Waals surface area contributed by atoms with E-state index in [0.29, 0.717) is 0 Å². The van der Waals surface area contributed by atoms with Crippen molar-refractivity contribution in [2.24, 2.45) is 0 Å². The van der Waals surface area contributed by atoms with Crippen LogP contribution in [0.4, 0.5) is 0 Å². The summed E-state index contributed by atoms with van der Waals surface area (Å²) in [6, 6.07) is 4.28. The van der Waals surface area contributed by atoms with Crippen LogP contribution >= 0.6 is 11.3 Å². The number of unbranched alkanes of at least 4 members (excludes halogenated alkanes) is 2. The van der Waals surface area contributed by atoms with E-state index < -0.39 is 0 Å². The summed E-state index contributed by atoms with van der Waals surface area (Å²) in [7, 11) is 0. The van der Waals surface area contributed by atoms with Gasteiger partial charge in [-0.2, -0.15) is 0 Å². The first-order chi connectivity index (χ1) is 8.76. The molecule has 1 aromatic rings. The van der Waals surface area contributed by atoms with Crippen LogP contribution in [0.3, 0.4) is 0 Å². The first-order valence-electron chi connectivity index (χ1n) is 6.61. The molecule has 0 N–H and O–H groups in total. The Labute approximate surface area is 114 Å². The molecular weight excluding hydrogens is 244 g/mol. The average Bonchev–Trinajstić information content (AvgIpc) is 2.89. The molecule has 0 saturated heterocycles. The van der Waals surface area contributed by atoms with Gasteiger partial charge in [-0.15, -0.1) is 11.3 Å². The van der Waals surface area contributed by atoms with Crippen molar-refractivity contribution in [1.82, 2.24) is 0 Å². The van der Waals surface area contributed by atoms with Gasteiger partial charge in [-0.25, -0.2) is 4.79 Å². The highest BCUT2D eigenvalue weighted by atomic mass is 32.1. The van der Waals surface area contributed by atoms with Crippen LogP contribution in [0.5, 0.6) is 0 Å². The van der Waals surface area contributed by atoms with Crippen LogP contribution in [-0.2, 0) is 16.0 Å². The molecule has 100 valence electrons. The van der Waals surface area contributed by atoms with Crippen LogP contribution < -0.4 is 0 Å². The lowest BCUT2D eigenvalue weighted by molar-refractivity contribution is -0.143. The van der Waals surface area contributed by atoms with Gasteiger partial charge in [0.05, 0.1) is 0 Å². The summed E-state index contributed by atoms with van der Waals surface area (Å²) in [5, 5.41) is 2.12. The normalized spacial score (nSPS) is 12.1. The van der Waals surface area contributed by atoms with Gasteiger partial charge in [0.1, 0.15) is 6.10 Å². The highest BCUT2D eigenvalue weighted by molar-refractivity contribution is 7.09. The number of hydrogen-bond donors (Lipinski definition) is 0. The predicted octanol–water partition coefficient (Wildman–Crippen LogP) is 4.36. The van der Waals surface area contributed by atoms with Crippen molar-refractivity contribution in [1.29, 1.82) is 0 Å². The molecule has 0 amide bonds. The number of hydrogen-bond acceptors (Lipinski definition) is 3. The number of aryl methyl sites for hydroxylation is 1. The second-order valence-electron chi connectivity index (χ2n) is 4.35. The lowest BCUT2D eigenvalue weighted by atomic mass is 10.1. The van der Waals surface area contributed by atoms with Gasteiger partial charge in [0.25, 0.3) is 0 Å². The Hall–Kier alpha value is -1.09. The Morgan fingerprint density at radius 3 is 2.94 bits per heavy atom. The SMILES string of the molecule is C=CC(=O)OC(CC)CCCCCc1cccs1. The summed E-state index contributed by atoms with van der Waals surface area (Å²) in [6.45, 7) is 5.46. The summed E-state index contributed by atoms with van der Waals surface area (Å²) in [4.78, 5) is 12.5. The second kappa shape index (κ2) is 8.92. The van der Waals surface area contributed by atoms with Crippen molar-refractivity contribution in [3.05, 3.63) is 35.0 Å². The predicted molar refractivity (Wildman–Crippen MR) is 76.9 cm³/mol. The molecule has 0 bridgehead atoms. The summed E-state index contributed by atoms with van der Waals surface area (Å²) < 4.78 is 5.25. The van der Waals surface area contributed by atoms with E-state index in [0.717, 1.165) is 19.3 Å². The molecule has 18 heavy (non-hydrogen) atoms. The molecule has 0 saturated carbocycles. The Morgan fingerprint density at radius 2 is 2.33 bits per heavy atom. The monoisotopic (exact) mass is 266 g/mol. The van der Waals surface area contributed by atoms with E-state index in [1.54, 1.807) is 0 Å². The zero-order valence-electron chi connectivity index (χ0n) is 11.1. The van der Waals surface area contributed by atoms with Crippen molar-refractivity contribution >= 4 is 17.3 Å². The number of carbonyl (C=O) groups is 1.